The van der Waals surface area contributed by atoms with Gasteiger partial charge in [-0.3, -0.25) is 4.79 Å². The summed E-state index contributed by atoms with van der Waals surface area (Å²) in [6.45, 7) is -2.31. The van der Waals surface area contributed by atoms with Crippen molar-refractivity contribution in [3.05, 3.63) is 65.7 Å². The second-order valence-corrected chi connectivity index (χ2v) is 8.03. The van der Waals surface area contributed by atoms with Gasteiger partial charge in [0.05, 0.1) is 6.61 Å². The van der Waals surface area contributed by atoms with Crippen molar-refractivity contribution in [2.75, 3.05) is 6.61 Å². The molecule has 0 spiro atoms. The van der Waals surface area contributed by atoms with E-state index in [9.17, 15) is 18.1 Å². The highest BCUT2D eigenvalue weighted by molar-refractivity contribution is 7.84. The van der Waals surface area contributed by atoms with Gasteiger partial charge in [0.15, 0.2) is 0 Å². The smallest absolute Gasteiger partial charge is 0.409 e. The van der Waals surface area contributed by atoms with Crippen molar-refractivity contribution in [3.8, 4) is 5.75 Å². The lowest BCUT2D eigenvalue weighted by Gasteiger charge is -2.21. The highest BCUT2D eigenvalue weighted by Crippen LogP contribution is 2.48. The molecule has 26 heavy (non-hydrogen) atoms. The number of hydrogen-bond acceptors (Lipinski definition) is 4. The normalized spacial score (nSPS) is 14.3. The molecule has 1 N–H and O–H groups in total. The molecule has 0 fully saturated rings. The third kappa shape index (κ3) is 6.41. The molecule has 2 aromatic carbocycles. The maximum absolute atomic E-state index is 13.4. The average Bonchev–Trinajstić information content (AvgIpc) is 2.53. The topological polar surface area (TPSA) is 64.6 Å². The Morgan fingerprint density at radius 3 is 2.38 bits per heavy atom. The zero-order valence-electron chi connectivity index (χ0n) is 13.8. The summed E-state index contributed by atoms with van der Waals surface area (Å²) in [7, 11) is 0. The number of hydrogen-bond donors (Lipinski definition) is 1. The molecule has 0 aliphatic heterocycles. The fourth-order valence-corrected chi connectivity index (χ4v) is 3.83. The summed E-state index contributed by atoms with van der Waals surface area (Å²) in [5.41, 5.74) is 0.171. The van der Waals surface area contributed by atoms with Gasteiger partial charge in [-0.2, -0.15) is 0 Å². The van der Waals surface area contributed by atoms with E-state index in [1.165, 1.54) is 12.1 Å². The molecule has 0 aliphatic carbocycles. The van der Waals surface area contributed by atoms with Crippen LogP contribution in [0.1, 0.15) is 12.5 Å². The van der Waals surface area contributed by atoms with Gasteiger partial charge in [-0.1, -0.05) is 18.2 Å². The van der Waals surface area contributed by atoms with Crippen LogP contribution < -0.4 is 9.61 Å². The average molecular weight is 404 g/mol. The summed E-state index contributed by atoms with van der Waals surface area (Å²) in [4.78, 5) is 12.1. The molecule has 0 saturated heterocycles. The number of carbonyl (C=O) groups is 1. The van der Waals surface area contributed by atoms with Gasteiger partial charge in [-0.05, 0) is 43.2 Å². The third-order valence-corrected chi connectivity index (χ3v) is 4.77. The summed E-state index contributed by atoms with van der Waals surface area (Å²) in [6, 6.07) is 9.75. The molecule has 0 bridgehead atoms. The minimum Gasteiger partial charge on any atom is -0.465 e. The Balaban J connectivity index is 2.18. The van der Waals surface area contributed by atoms with Crippen LogP contribution in [-0.2, 0) is 20.5 Å². The predicted molar refractivity (Wildman–Crippen MR) is 94.1 cm³/mol. The van der Waals surface area contributed by atoms with Crippen LogP contribution in [0.3, 0.4) is 0 Å². The van der Waals surface area contributed by atoms with E-state index in [0.29, 0.717) is 6.07 Å². The molecule has 140 valence electrons. The van der Waals surface area contributed by atoms with Crippen molar-refractivity contribution in [1.29, 1.82) is 0 Å². The molecule has 0 amide bonds. The van der Waals surface area contributed by atoms with E-state index < -0.39 is 30.5 Å². The largest absolute Gasteiger partial charge is 0.465 e. The standard InChI is InChI=1S/C17H17ClF2NO4P/c1-2-24-17(22)16(10-12-8-13(19)11-14(20)9-12)21-26(18,23)25-15-6-4-3-5-7-15/h3-9,11,16H,2,10H2,1H3,(H,21,23)/t16-,26?/m0/s1. The van der Waals surface area contributed by atoms with Crippen LogP contribution >= 0.6 is 18.1 Å². The molecular formula is C17H17ClF2NO4P. The fourth-order valence-electron chi connectivity index (χ4n) is 2.22. The number of nitrogens with one attached hydrogen (secondary N) is 1. The lowest BCUT2D eigenvalue weighted by atomic mass is 10.1. The van der Waals surface area contributed by atoms with Crippen LogP contribution in [-0.4, -0.2) is 18.6 Å². The number of ether oxygens (including phenoxy) is 1. The predicted octanol–water partition coefficient (Wildman–Crippen LogP) is 4.45. The Labute approximate surface area is 154 Å². The zero-order valence-corrected chi connectivity index (χ0v) is 15.5. The van der Waals surface area contributed by atoms with E-state index in [4.69, 9.17) is 20.5 Å². The molecule has 1 unspecified atom stereocenters. The van der Waals surface area contributed by atoms with Crippen LogP contribution in [0.4, 0.5) is 8.78 Å². The summed E-state index contributed by atoms with van der Waals surface area (Å²) in [5, 5.41) is 2.39. The molecule has 0 aliphatic rings. The highest BCUT2D eigenvalue weighted by Gasteiger charge is 2.31. The Hall–Kier alpha value is -1.95. The van der Waals surface area contributed by atoms with Crippen molar-refractivity contribution in [2.24, 2.45) is 0 Å². The number of para-hydroxylation sites is 1. The van der Waals surface area contributed by atoms with Crippen molar-refractivity contribution in [2.45, 2.75) is 19.4 Å². The van der Waals surface area contributed by atoms with Crippen LogP contribution in [0.5, 0.6) is 5.75 Å². The first-order chi connectivity index (χ1) is 12.3. The summed E-state index contributed by atoms with van der Waals surface area (Å²) < 4.78 is 49.4. The summed E-state index contributed by atoms with van der Waals surface area (Å²) in [5.74, 6) is -2.12. The quantitative estimate of drug-likeness (QED) is 0.521. The molecule has 5 nitrogen and oxygen atoms in total. The molecule has 0 radical (unpaired) electrons. The van der Waals surface area contributed by atoms with Gasteiger partial charge in [-0.15, -0.1) is 0 Å². The number of benzene rings is 2. The van der Waals surface area contributed by atoms with E-state index in [1.54, 1.807) is 25.1 Å². The van der Waals surface area contributed by atoms with Crippen molar-refractivity contribution >= 4 is 24.1 Å². The van der Waals surface area contributed by atoms with Gasteiger partial charge in [0, 0.05) is 17.3 Å². The van der Waals surface area contributed by atoms with Crippen molar-refractivity contribution in [3.63, 3.8) is 0 Å². The summed E-state index contributed by atoms with van der Waals surface area (Å²) >= 11 is 5.90. The fraction of sp³-hybridized carbons (Fsp3) is 0.235. The SMILES string of the molecule is CCOC(=O)[C@H](Cc1cc(F)cc(F)c1)NP(=O)(Cl)Oc1ccccc1. The monoisotopic (exact) mass is 403 g/mol. The van der Waals surface area contributed by atoms with Crippen LogP contribution in [0.2, 0.25) is 0 Å². The first-order valence-corrected chi connectivity index (χ1v) is 10.3. The van der Waals surface area contributed by atoms with Crippen LogP contribution in [0.15, 0.2) is 48.5 Å². The second-order valence-electron chi connectivity index (χ2n) is 5.30. The van der Waals surface area contributed by atoms with Gasteiger partial charge < -0.3 is 9.26 Å². The molecule has 9 heteroatoms. The zero-order chi connectivity index (χ0) is 19.2. The maximum atomic E-state index is 13.4. The third-order valence-electron chi connectivity index (χ3n) is 3.21. The number of esters is 1. The Morgan fingerprint density at radius 1 is 1.19 bits per heavy atom. The number of rotatable bonds is 8. The minimum atomic E-state index is -3.97. The van der Waals surface area contributed by atoms with Gasteiger partial charge in [0.2, 0.25) is 0 Å². The molecular weight excluding hydrogens is 387 g/mol. The van der Waals surface area contributed by atoms with Crippen molar-refractivity contribution < 1.29 is 27.4 Å². The lowest BCUT2D eigenvalue weighted by Crippen LogP contribution is -2.38. The highest BCUT2D eigenvalue weighted by atomic mass is 35.7. The summed E-state index contributed by atoms with van der Waals surface area (Å²) in [6.07, 6.45) is -0.192. The van der Waals surface area contributed by atoms with E-state index in [2.05, 4.69) is 5.09 Å². The minimum absolute atomic E-state index is 0.0701. The molecule has 2 atom stereocenters. The lowest BCUT2D eigenvalue weighted by molar-refractivity contribution is -0.145. The van der Waals surface area contributed by atoms with Crippen LogP contribution in [0.25, 0.3) is 0 Å². The van der Waals surface area contributed by atoms with Crippen molar-refractivity contribution in [1.82, 2.24) is 5.09 Å². The van der Waals surface area contributed by atoms with E-state index in [0.717, 1.165) is 12.1 Å². The molecule has 0 saturated carbocycles. The number of halogens is 3. The molecule has 0 aromatic heterocycles. The van der Waals surface area contributed by atoms with Gasteiger partial charge in [0.25, 0.3) is 0 Å². The molecule has 2 rings (SSSR count). The Morgan fingerprint density at radius 2 is 1.81 bits per heavy atom. The Bertz CT molecular complexity index is 786. The first-order valence-electron chi connectivity index (χ1n) is 7.73. The van der Waals surface area contributed by atoms with Gasteiger partial charge in [0.1, 0.15) is 23.4 Å². The molecule has 2 aromatic rings. The van der Waals surface area contributed by atoms with Gasteiger partial charge >= 0.3 is 12.8 Å². The Kier molecular flexibility index (Phi) is 7.14. The maximum Gasteiger partial charge on any atom is 0.409 e. The number of carbonyl (C=O) groups excluding carboxylic acids is 1. The molecule has 0 heterocycles. The first kappa shape index (κ1) is 20.4. The van der Waals surface area contributed by atoms with Gasteiger partial charge in [-0.25, -0.2) is 18.4 Å². The van der Waals surface area contributed by atoms with E-state index in [1.807, 2.05) is 0 Å². The van der Waals surface area contributed by atoms with E-state index >= 15 is 0 Å². The van der Waals surface area contributed by atoms with Crippen LogP contribution in [0, 0.1) is 11.6 Å². The second kappa shape index (κ2) is 9.12. The van der Waals surface area contributed by atoms with E-state index in [-0.39, 0.29) is 24.3 Å².